The van der Waals surface area contributed by atoms with E-state index in [4.69, 9.17) is 4.74 Å². The number of amides is 1. The van der Waals surface area contributed by atoms with Gasteiger partial charge in [-0.3, -0.25) is 19.4 Å². The molecule has 0 radical (unpaired) electrons. The van der Waals surface area contributed by atoms with Gasteiger partial charge < -0.3 is 10.1 Å². The Balaban J connectivity index is 1.18. The van der Waals surface area contributed by atoms with E-state index in [1.54, 1.807) is 24.3 Å². The van der Waals surface area contributed by atoms with E-state index in [-0.39, 0.29) is 5.91 Å². The van der Waals surface area contributed by atoms with Gasteiger partial charge in [-0.05, 0) is 70.5 Å². The molecule has 1 N–H and O–H groups in total. The van der Waals surface area contributed by atoms with E-state index in [0.717, 1.165) is 64.1 Å². The number of aldehydes is 1. The van der Waals surface area contributed by atoms with Crippen molar-refractivity contribution < 1.29 is 14.3 Å². The van der Waals surface area contributed by atoms with E-state index in [0.29, 0.717) is 24.3 Å². The largest absolute Gasteiger partial charge is 0.494 e. The predicted molar refractivity (Wildman–Crippen MR) is 217 cm³/mol. The lowest BCUT2D eigenvalue weighted by atomic mass is 10.1. The SMILES string of the molecule is O=Cc1cccc(C(=O)NCCCCOc2cc(CN(Cc3ccccc3)Cc3ccccc3)cc(CN(Cc3ccccc3)Cc3ccccc3)c2)c1. The Hall–Kier alpha value is -5.82. The molecule has 1 amide bonds. The molecule has 0 unspecified atom stereocenters. The van der Waals surface area contributed by atoms with Crippen molar-refractivity contribution in [3.63, 3.8) is 0 Å². The van der Waals surface area contributed by atoms with Crippen LogP contribution in [0.5, 0.6) is 5.75 Å². The summed E-state index contributed by atoms with van der Waals surface area (Å²) in [6.45, 7) is 5.91. The van der Waals surface area contributed by atoms with Crippen LogP contribution >= 0.6 is 0 Å². The molecule has 0 heterocycles. The number of nitrogens with zero attached hydrogens (tertiary/aromatic N) is 2. The van der Waals surface area contributed by atoms with Crippen LogP contribution in [0.25, 0.3) is 0 Å². The maximum Gasteiger partial charge on any atom is 0.251 e. The fourth-order valence-electron chi connectivity index (χ4n) is 6.69. The first-order valence-electron chi connectivity index (χ1n) is 18.8. The highest BCUT2D eigenvalue weighted by Gasteiger charge is 2.14. The lowest BCUT2D eigenvalue weighted by molar-refractivity contribution is 0.0952. The van der Waals surface area contributed by atoms with Gasteiger partial charge in [0.1, 0.15) is 12.0 Å². The summed E-state index contributed by atoms with van der Waals surface area (Å²) in [5.74, 6) is 0.680. The molecule has 0 aliphatic heterocycles. The molecule has 0 saturated heterocycles. The molecule has 0 aliphatic rings. The summed E-state index contributed by atoms with van der Waals surface area (Å²) >= 11 is 0. The zero-order valence-electron chi connectivity index (χ0n) is 30.9. The molecular formula is C48H49N3O3. The molecule has 0 atom stereocenters. The van der Waals surface area contributed by atoms with Crippen molar-refractivity contribution >= 4 is 12.2 Å². The highest BCUT2D eigenvalue weighted by Crippen LogP contribution is 2.24. The molecule has 0 bridgehead atoms. The van der Waals surface area contributed by atoms with Gasteiger partial charge in [0.2, 0.25) is 0 Å². The molecule has 0 saturated carbocycles. The lowest BCUT2D eigenvalue weighted by Crippen LogP contribution is -2.25. The summed E-state index contributed by atoms with van der Waals surface area (Å²) in [5, 5.41) is 2.97. The van der Waals surface area contributed by atoms with Crippen LogP contribution in [0.15, 0.2) is 164 Å². The van der Waals surface area contributed by atoms with Crippen LogP contribution < -0.4 is 10.1 Å². The van der Waals surface area contributed by atoms with E-state index in [2.05, 4.69) is 155 Å². The van der Waals surface area contributed by atoms with Gasteiger partial charge in [-0.1, -0.05) is 140 Å². The third-order valence-corrected chi connectivity index (χ3v) is 9.24. The summed E-state index contributed by atoms with van der Waals surface area (Å²) in [5.41, 5.74) is 8.51. The van der Waals surface area contributed by atoms with Gasteiger partial charge in [0, 0.05) is 56.9 Å². The molecule has 0 spiro atoms. The first kappa shape index (κ1) is 37.9. The van der Waals surface area contributed by atoms with Crippen LogP contribution in [0, 0.1) is 0 Å². The van der Waals surface area contributed by atoms with Crippen LogP contribution in [0.2, 0.25) is 0 Å². The van der Waals surface area contributed by atoms with Gasteiger partial charge in [0.25, 0.3) is 5.91 Å². The smallest absolute Gasteiger partial charge is 0.251 e. The van der Waals surface area contributed by atoms with Gasteiger partial charge >= 0.3 is 0 Å². The number of ether oxygens (including phenoxy) is 1. The Morgan fingerprint density at radius 1 is 0.500 bits per heavy atom. The molecule has 54 heavy (non-hydrogen) atoms. The number of unbranched alkanes of at least 4 members (excludes halogenated alkanes) is 1. The zero-order valence-corrected chi connectivity index (χ0v) is 30.9. The molecule has 6 nitrogen and oxygen atoms in total. The average Bonchev–Trinajstić information content (AvgIpc) is 3.20. The first-order chi connectivity index (χ1) is 26.6. The van der Waals surface area contributed by atoms with Gasteiger partial charge in [0.05, 0.1) is 6.61 Å². The Labute approximate surface area is 320 Å². The van der Waals surface area contributed by atoms with Crippen molar-refractivity contribution in [1.29, 1.82) is 0 Å². The highest BCUT2D eigenvalue weighted by molar-refractivity contribution is 5.95. The minimum Gasteiger partial charge on any atom is -0.494 e. The average molecular weight is 716 g/mol. The second kappa shape index (κ2) is 20.4. The molecule has 274 valence electrons. The Kier molecular flexibility index (Phi) is 14.3. The van der Waals surface area contributed by atoms with Crippen molar-refractivity contribution in [1.82, 2.24) is 15.1 Å². The second-order valence-corrected chi connectivity index (χ2v) is 13.8. The van der Waals surface area contributed by atoms with Gasteiger partial charge in [0.15, 0.2) is 0 Å². The van der Waals surface area contributed by atoms with Gasteiger partial charge in [-0.15, -0.1) is 0 Å². The Morgan fingerprint density at radius 2 is 0.944 bits per heavy atom. The van der Waals surface area contributed by atoms with Gasteiger partial charge in [-0.2, -0.15) is 0 Å². The maximum atomic E-state index is 12.6. The number of hydrogen-bond donors (Lipinski definition) is 1. The van der Waals surface area contributed by atoms with Gasteiger partial charge in [-0.25, -0.2) is 0 Å². The summed E-state index contributed by atoms with van der Waals surface area (Å²) in [6.07, 6.45) is 2.31. The van der Waals surface area contributed by atoms with Crippen molar-refractivity contribution in [3.8, 4) is 5.75 Å². The summed E-state index contributed by atoms with van der Waals surface area (Å²) in [6, 6.07) is 56.1. The number of benzene rings is 6. The molecule has 6 heteroatoms. The fourth-order valence-corrected chi connectivity index (χ4v) is 6.69. The third kappa shape index (κ3) is 12.4. The van der Waals surface area contributed by atoms with E-state index in [9.17, 15) is 9.59 Å². The number of nitrogens with one attached hydrogen (secondary N) is 1. The molecule has 6 aromatic rings. The minimum atomic E-state index is -0.178. The standard InChI is InChI=1S/C48H49N3O3/c52-38-43-24-15-25-46(29-43)48(53)49-26-13-14-27-54-47-30-44(36-50(32-39-16-5-1-6-17-39)33-40-18-7-2-8-19-40)28-45(31-47)37-51(34-41-20-9-3-10-21-41)35-42-22-11-4-12-23-42/h1-12,15-25,28-31,38H,13-14,26-27,32-37H2,(H,49,53). The van der Waals surface area contributed by atoms with Crippen LogP contribution in [-0.2, 0) is 39.3 Å². The molecule has 6 aromatic carbocycles. The first-order valence-corrected chi connectivity index (χ1v) is 18.8. The van der Waals surface area contributed by atoms with E-state index < -0.39 is 0 Å². The van der Waals surface area contributed by atoms with Crippen molar-refractivity contribution in [3.05, 3.63) is 208 Å². The van der Waals surface area contributed by atoms with Crippen molar-refractivity contribution in [2.45, 2.75) is 52.1 Å². The van der Waals surface area contributed by atoms with E-state index in [1.807, 2.05) is 0 Å². The molecular weight excluding hydrogens is 667 g/mol. The molecule has 0 aliphatic carbocycles. The normalized spacial score (nSPS) is 11.1. The third-order valence-electron chi connectivity index (χ3n) is 9.24. The van der Waals surface area contributed by atoms with E-state index >= 15 is 0 Å². The number of hydrogen-bond acceptors (Lipinski definition) is 5. The minimum absolute atomic E-state index is 0.178. The Morgan fingerprint density at radius 3 is 1.39 bits per heavy atom. The fraction of sp³-hybridized carbons (Fsp3) is 0.208. The monoisotopic (exact) mass is 715 g/mol. The topological polar surface area (TPSA) is 61.9 Å². The number of carbonyl (C=O) groups is 2. The quantitative estimate of drug-likeness (QED) is 0.0631. The zero-order chi connectivity index (χ0) is 37.2. The summed E-state index contributed by atoms with van der Waals surface area (Å²) in [4.78, 5) is 28.7. The van der Waals surface area contributed by atoms with Crippen LogP contribution in [0.4, 0.5) is 0 Å². The molecule has 0 fully saturated rings. The van der Waals surface area contributed by atoms with Crippen LogP contribution in [0.3, 0.4) is 0 Å². The van der Waals surface area contributed by atoms with Crippen LogP contribution in [0.1, 0.15) is 66.9 Å². The van der Waals surface area contributed by atoms with Crippen LogP contribution in [-0.4, -0.2) is 35.1 Å². The second-order valence-electron chi connectivity index (χ2n) is 13.8. The predicted octanol–water partition coefficient (Wildman–Crippen LogP) is 9.49. The molecule has 0 aromatic heterocycles. The van der Waals surface area contributed by atoms with Crippen molar-refractivity contribution in [2.24, 2.45) is 0 Å². The van der Waals surface area contributed by atoms with Crippen molar-refractivity contribution in [2.75, 3.05) is 13.2 Å². The Bertz CT molecular complexity index is 1830. The number of rotatable bonds is 20. The highest BCUT2D eigenvalue weighted by atomic mass is 16.5. The number of carbonyl (C=O) groups excluding carboxylic acids is 2. The molecule has 6 rings (SSSR count). The summed E-state index contributed by atoms with van der Waals surface area (Å²) in [7, 11) is 0. The summed E-state index contributed by atoms with van der Waals surface area (Å²) < 4.78 is 6.46. The van der Waals surface area contributed by atoms with E-state index in [1.165, 1.54) is 33.4 Å². The lowest BCUT2D eigenvalue weighted by Gasteiger charge is -2.25. The maximum absolute atomic E-state index is 12.6.